The van der Waals surface area contributed by atoms with E-state index >= 15 is 0 Å². The lowest BCUT2D eigenvalue weighted by Gasteiger charge is -2.32. The topological polar surface area (TPSA) is 66.3 Å². The van der Waals surface area contributed by atoms with Gasteiger partial charge in [-0.15, -0.1) is 0 Å². The van der Waals surface area contributed by atoms with Gasteiger partial charge in [0.25, 0.3) is 0 Å². The lowest BCUT2D eigenvalue weighted by atomic mass is 9.99. The Balaban J connectivity index is 2.39. The van der Waals surface area contributed by atoms with Crippen molar-refractivity contribution in [3.05, 3.63) is 17.6 Å². The molecule has 0 spiro atoms. The van der Waals surface area contributed by atoms with E-state index in [-0.39, 0.29) is 0 Å². The Hall–Kier alpha value is -1.65. The van der Waals surface area contributed by atoms with Crippen molar-refractivity contribution < 1.29 is 9.90 Å². The Morgan fingerprint density at radius 1 is 1.47 bits per heavy atom. The number of carbonyl (C=O) groups is 1. The van der Waals surface area contributed by atoms with E-state index in [2.05, 4.69) is 9.97 Å². The molecule has 2 rings (SSSR count). The molecule has 17 heavy (non-hydrogen) atoms. The molecule has 2 heterocycles. The second kappa shape index (κ2) is 3.98. The molecule has 0 amide bonds. The summed E-state index contributed by atoms with van der Waals surface area (Å²) in [5.41, 5.74) is 0.878. The van der Waals surface area contributed by atoms with E-state index in [4.69, 9.17) is 0 Å². The number of aliphatic carboxylic acids is 1. The Labute approximate surface area is 100 Å². The van der Waals surface area contributed by atoms with Crippen molar-refractivity contribution >= 4 is 11.8 Å². The maximum atomic E-state index is 11.4. The average Bonchev–Trinajstić information content (AvgIpc) is 2.66. The Morgan fingerprint density at radius 2 is 2.18 bits per heavy atom. The standard InChI is InChI=1S/C12H17N3O2/c1-8-9(2)14-10(7-13-8)15-6-4-5-12(15,3)11(16)17/h7H,4-6H2,1-3H3,(H,16,17). The van der Waals surface area contributed by atoms with Crippen LogP contribution in [0, 0.1) is 13.8 Å². The Bertz CT molecular complexity index is 461. The number of hydrogen-bond acceptors (Lipinski definition) is 4. The van der Waals surface area contributed by atoms with Crippen molar-refractivity contribution in [1.29, 1.82) is 0 Å². The van der Waals surface area contributed by atoms with E-state index < -0.39 is 11.5 Å². The zero-order valence-corrected chi connectivity index (χ0v) is 10.4. The van der Waals surface area contributed by atoms with E-state index in [1.807, 2.05) is 18.7 Å². The van der Waals surface area contributed by atoms with Crippen LogP contribution in [0.3, 0.4) is 0 Å². The molecule has 0 radical (unpaired) electrons. The summed E-state index contributed by atoms with van der Waals surface area (Å²) < 4.78 is 0. The molecule has 1 aliphatic rings. The largest absolute Gasteiger partial charge is 0.480 e. The first-order chi connectivity index (χ1) is 7.95. The second-order valence-corrected chi connectivity index (χ2v) is 4.73. The van der Waals surface area contributed by atoms with Gasteiger partial charge in [-0.05, 0) is 33.6 Å². The zero-order chi connectivity index (χ0) is 12.6. The molecule has 1 fully saturated rings. The summed E-state index contributed by atoms with van der Waals surface area (Å²) in [6, 6.07) is 0. The number of aromatic nitrogens is 2. The van der Waals surface area contributed by atoms with Crippen LogP contribution in [0.15, 0.2) is 6.20 Å². The van der Waals surface area contributed by atoms with Gasteiger partial charge in [0.15, 0.2) is 0 Å². The van der Waals surface area contributed by atoms with Crippen LogP contribution in [0.4, 0.5) is 5.82 Å². The Morgan fingerprint density at radius 3 is 2.76 bits per heavy atom. The third-order valence-electron chi connectivity index (χ3n) is 3.56. The van der Waals surface area contributed by atoms with Gasteiger partial charge < -0.3 is 10.0 Å². The highest BCUT2D eigenvalue weighted by molar-refractivity contribution is 5.83. The maximum Gasteiger partial charge on any atom is 0.329 e. The molecule has 1 unspecified atom stereocenters. The van der Waals surface area contributed by atoms with Crippen molar-refractivity contribution in [2.45, 2.75) is 39.2 Å². The summed E-state index contributed by atoms with van der Waals surface area (Å²) in [4.78, 5) is 21.9. The van der Waals surface area contributed by atoms with E-state index in [1.54, 1.807) is 13.1 Å². The Kier molecular flexibility index (Phi) is 2.77. The number of carboxylic acid groups (broad SMARTS) is 1. The number of hydrogen-bond donors (Lipinski definition) is 1. The minimum atomic E-state index is -0.851. The molecule has 5 nitrogen and oxygen atoms in total. The van der Waals surface area contributed by atoms with Crippen LogP contribution < -0.4 is 4.90 Å². The number of aryl methyl sites for hydroxylation is 2. The molecule has 1 aromatic heterocycles. The predicted octanol–water partition coefficient (Wildman–Crippen LogP) is 1.54. The van der Waals surface area contributed by atoms with Crippen molar-refractivity contribution in [2.75, 3.05) is 11.4 Å². The van der Waals surface area contributed by atoms with Gasteiger partial charge in [0.2, 0.25) is 0 Å². The molecule has 5 heteroatoms. The quantitative estimate of drug-likeness (QED) is 0.842. The minimum absolute atomic E-state index is 0.650. The molecule has 0 saturated carbocycles. The summed E-state index contributed by atoms with van der Waals surface area (Å²) in [5.74, 6) is -0.134. The molecular weight excluding hydrogens is 218 g/mol. The summed E-state index contributed by atoms with van der Waals surface area (Å²) in [7, 11) is 0. The molecule has 92 valence electrons. The molecule has 1 atom stereocenters. The van der Waals surface area contributed by atoms with Crippen LogP contribution >= 0.6 is 0 Å². The smallest absolute Gasteiger partial charge is 0.329 e. The monoisotopic (exact) mass is 235 g/mol. The van der Waals surface area contributed by atoms with Gasteiger partial charge in [-0.1, -0.05) is 0 Å². The van der Waals surface area contributed by atoms with Crippen molar-refractivity contribution in [3.8, 4) is 0 Å². The molecule has 1 saturated heterocycles. The normalized spacial score (nSPS) is 24.1. The molecule has 0 aliphatic carbocycles. The van der Waals surface area contributed by atoms with E-state index in [9.17, 15) is 9.90 Å². The van der Waals surface area contributed by atoms with Crippen LogP contribution in [0.1, 0.15) is 31.2 Å². The van der Waals surface area contributed by atoms with Gasteiger partial charge >= 0.3 is 5.97 Å². The van der Waals surface area contributed by atoms with E-state index in [1.165, 1.54) is 0 Å². The predicted molar refractivity (Wildman–Crippen MR) is 64.1 cm³/mol. The van der Waals surface area contributed by atoms with Gasteiger partial charge in [-0.25, -0.2) is 9.78 Å². The van der Waals surface area contributed by atoms with Gasteiger partial charge in [-0.2, -0.15) is 0 Å². The van der Waals surface area contributed by atoms with Crippen LogP contribution in [-0.4, -0.2) is 33.1 Å². The summed E-state index contributed by atoms with van der Waals surface area (Å²) >= 11 is 0. The zero-order valence-electron chi connectivity index (χ0n) is 10.4. The van der Waals surface area contributed by atoms with Crippen molar-refractivity contribution in [2.24, 2.45) is 0 Å². The first-order valence-electron chi connectivity index (χ1n) is 5.76. The van der Waals surface area contributed by atoms with Crippen LogP contribution in [0.25, 0.3) is 0 Å². The van der Waals surface area contributed by atoms with Gasteiger partial charge in [0.1, 0.15) is 11.4 Å². The molecule has 1 aliphatic heterocycles. The van der Waals surface area contributed by atoms with Crippen LogP contribution in [-0.2, 0) is 4.79 Å². The molecule has 1 aromatic rings. The second-order valence-electron chi connectivity index (χ2n) is 4.73. The molecule has 0 bridgehead atoms. The van der Waals surface area contributed by atoms with Crippen molar-refractivity contribution in [3.63, 3.8) is 0 Å². The van der Waals surface area contributed by atoms with Crippen LogP contribution in [0.2, 0.25) is 0 Å². The average molecular weight is 235 g/mol. The van der Waals surface area contributed by atoms with Crippen LogP contribution in [0.5, 0.6) is 0 Å². The lowest BCUT2D eigenvalue weighted by molar-refractivity contribution is -0.142. The van der Waals surface area contributed by atoms with Gasteiger partial charge in [0, 0.05) is 6.54 Å². The highest BCUT2D eigenvalue weighted by Crippen LogP contribution is 2.33. The summed E-state index contributed by atoms with van der Waals surface area (Å²) in [5, 5.41) is 9.34. The fourth-order valence-electron chi connectivity index (χ4n) is 2.21. The molecular formula is C12H17N3O2. The van der Waals surface area contributed by atoms with E-state index in [0.29, 0.717) is 12.2 Å². The highest BCUT2D eigenvalue weighted by Gasteiger charge is 2.44. The number of carboxylic acids is 1. The number of anilines is 1. The molecule has 1 N–H and O–H groups in total. The highest BCUT2D eigenvalue weighted by atomic mass is 16.4. The number of rotatable bonds is 2. The third-order valence-corrected chi connectivity index (χ3v) is 3.56. The van der Waals surface area contributed by atoms with Crippen molar-refractivity contribution in [1.82, 2.24) is 9.97 Å². The van der Waals surface area contributed by atoms with Gasteiger partial charge in [-0.3, -0.25) is 4.98 Å². The SMILES string of the molecule is Cc1ncc(N2CCCC2(C)C(=O)O)nc1C. The minimum Gasteiger partial charge on any atom is -0.480 e. The lowest BCUT2D eigenvalue weighted by Crippen LogP contribution is -2.48. The fraction of sp³-hybridized carbons (Fsp3) is 0.583. The molecule has 0 aromatic carbocycles. The summed E-state index contributed by atoms with van der Waals surface area (Å²) in [6.45, 7) is 6.26. The third kappa shape index (κ3) is 1.85. The van der Waals surface area contributed by atoms with E-state index in [0.717, 1.165) is 24.4 Å². The fourth-order valence-corrected chi connectivity index (χ4v) is 2.21. The summed E-state index contributed by atoms with van der Waals surface area (Å²) in [6.07, 6.45) is 3.18. The number of nitrogens with zero attached hydrogens (tertiary/aromatic N) is 3. The first-order valence-corrected chi connectivity index (χ1v) is 5.76. The maximum absolute atomic E-state index is 11.4. The van der Waals surface area contributed by atoms with Gasteiger partial charge in [0.05, 0.1) is 17.6 Å². The first kappa shape index (κ1) is 11.8.